The van der Waals surface area contributed by atoms with Gasteiger partial charge in [0.2, 0.25) is 0 Å². The molecule has 0 aliphatic heterocycles. The van der Waals surface area contributed by atoms with Crippen molar-refractivity contribution in [1.82, 2.24) is 14.9 Å². The van der Waals surface area contributed by atoms with Gasteiger partial charge in [-0.05, 0) is 38.1 Å². The Morgan fingerprint density at radius 2 is 2.00 bits per heavy atom. The number of nitrogens with one attached hydrogen (secondary N) is 1. The summed E-state index contributed by atoms with van der Waals surface area (Å²) in [5.74, 6) is 0. The zero-order chi connectivity index (χ0) is 12.4. The second kappa shape index (κ2) is 4.72. The van der Waals surface area contributed by atoms with Gasteiger partial charge in [0, 0.05) is 19.2 Å². The Balaban J connectivity index is 2.51. The number of benzene rings is 1. The van der Waals surface area contributed by atoms with E-state index in [1.807, 2.05) is 20.4 Å². The van der Waals surface area contributed by atoms with Gasteiger partial charge in [0.05, 0.1) is 17.7 Å². The lowest BCUT2D eigenvalue weighted by molar-refractivity contribution is 0.797. The number of aryl methyl sites for hydroxylation is 3. The SMILES string of the molecule is CNCc1ncn(C)c1-c1ccc(C)c(C)c1. The van der Waals surface area contributed by atoms with Crippen LogP contribution in [-0.4, -0.2) is 16.6 Å². The van der Waals surface area contributed by atoms with Crippen molar-refractivity contribution in [1.29, 1.82) is 0 Å². The molecule has 1 N–H and O–H groups in total. The maximum atomic E-state index is 4.43. The Morgan fingerprint density at radius 3 is 2.65 bits per heavy atom. The summed E-state index contributed by atoms with van der Waals surface area (Å²) in [6, 6.07) is 6.56. The molecule has 0 bridgehead atoms. The minimum atomic E-state index is 0.795. The molecule has 1 aromatic heterocycles. The highest BCUT2D eigenvalue weighted by Gasteiger charge is 2.10. The molecule has 90 valence electrons. The number of aromatic nitrogens is 2. The fraction of sp³-hybridized carbons (Fsp3) is 0.357. The minimum Gasteiger partial charge on any atom is -0.333 e. The lowest BCUT2D eigenvalue weighted by Crippen LogP contribution is -2.07. The molecule has 0 amide bonds. The minimum absolute atomic E-state index is 0.795. The molecule has 0 spiro atoms. The van der Waals surface area contributed by atoms with Gasteiger partial charge in [-0.15, -0.1) is 0 Å². The van der Waals surface area contributed by atoms with Gasteiger partial charge in [0.25, 0.3) is 0 Å². The van der Waals surface area contributed by atoms with Crippen LogP contribution >= 0.6 is 0 Å². The van der Waals surface area contributed by atoms with E-state index in [1.165, 1.54) is 22.4 Å². The molecular formula is C14H19N3. The van der Waals surface area contributed by atoms with Crippen molar-refractivity contribution in [3.8, 4) is 11.3 Å². The van der Waals surface area contributed by atoms with Crippen LogP contribution in [0, 0.1) is 13.8 Å². The van der Waals surface area contributed by atoms with Crippen molar-refractivity contribution in [3.63, 3.8) is 0 Å². The zero-order valence-corrected chi connectivity index (χ0v) is 10.9. The van der Waals surface area contributed by atoms with Crippen LogP contribution in [0.25, 0.3) is 11.3 Å². The zero-order valence-electron chi connectivity index (χ0n) is 10.9. The van der Waals surface area contributed by atoms with Crippen molar-refractivity contribution in [2.45, 2.75) is 20.4 Å². The molecule has 0 radical (unpaired) electrons. The average Bonchev–Trinajstić information content (AvgIpc) is 2.65. The first-order valence-corrected chi connectivity index (χ1v) is 5.86. The third-order valence-electron chi connectivity index (χ3n) is 3.14. The molecule has 0 fully saturated rings. The van der Waals surface area contributed by atoms with E-state index in [-0.39, 0.29) is 0 Å². The Bertz CT molecular complexity index is 526. The van der Waals surface area contributed by atoms with Crippen molar-refractivity contribution < 1.29 is 0 Å². The first-order chi connectivity index (χ1) is 8.13. The van der Waals surface area contributed by atoms with Crippen LogP contribution in [0.1, 0.15) is 16.8 Å². The highest BCUT2D eigenvalue weighted by molar-refractivity contribution is 5.64. The fourth-order valence-corrected chi connectivity index (χ4v) is 2.03. The number of rotatable bonds is 3. The van der Waals surface area contributed by atoms with Gasteiger partial charge in [-0.3, -0.25) is 0 Å². The summed E-state index contributed by atoms with van der Waals surface area (Å²) in [4.78, 5) is 4.43. The molecule has 3 heteroatoms. The topological polar surface area (TPSA) is 29.9 Å². The third kappa shape index (κ3) is 2.24. The summed E-state index contributed by atoms with van der Waals surface area (Å²) >= 11 is 0. The van der Waals surface area contributed by atoms with Crippen molar-refractivity contribution in [3.05, 3.63) is 41.3 Å². The van der Waals surface area contributed by atoms with E-state index in [9.17, 15) is 0 Å². The van der Waals surface area contributed by atoms with E-state index < -0.39 is 0 Å². The van der Waals surface area contributed by atoms with Gasteiger partial charge in [0.1, 0.15) is 0 Å². The van der Waals surface area contributed by atoms with Crippen molar-refractivity contribution >= 4 is 0 Å². The second-order valence-electron chi connectivity index (χ2n) is 4.48. The molecule has 0 saturated carbocycles. The third-order valence-corrected chi connectivity index (χ3v) is 3.14. The van der Waals surface area contributed by atoms with Gasteiger partial charge in [-0.1, -0.05) is 12.1 Å². The highest BCUT2D eigenvalue weighted by Crippen LogP contribution is 2.24. The predicted octanol–water partition coefficient (Wildman–Crippen LogP) is 2.42. The van der Waals surface area contributed by atoms with Gasteiger partial charge in [0.15, 0.2) is 0 Å². The van der Waals surface area contributed by atoms with Crippen LogP contribution in [0.15, 0.2) is 24.5 Å². The maximum absolute atomic E-state index is 4.43. The van der Waals surface area contributed by atoms with E-state index in [2.05, 4.69) is 46.9 Å². The lowest BCUT2D eigenvalue weighted by Gasteiger charge is -2.08. The van der Waals surface area contributed by atoms with Gasteiger partial charge < -0.3 is 9.88 Å². The Hall–Kier alpha value is -1.61. The molecule has 0 atom stereocenters. The molecule has 0 saturated heterocycles. The molecule has 3 nitrogen and oxygen atoms in total. The van der Waals surface area contributed by atoms with Crippen LogP contribution in [0.3, 0.4) is 0 Å². The molecule has 2 aromatic rings. The van der Waals surface area contributed by atoms with Gasteiger partial charge in [-0.2, -0.15) is 0 Å². The standard InChI is InChI=1S/C14H19N3/c1-10-5-6-12(7-11(10)2)14-13(8-15-3)16-9-17(14)4/h5-7,9,15H,8H2,1-4H3. The Labute approximate surface area is 103 Å². The molecule has 1 heterocycles. The monoisotopic (exact) mass is 229 g/mol. The molecule has 2 rings (SSSR count). The number of imidazole rings is 1. The number of nitrogens with zero attached hydrogens (tertiary/aromatic N) is 2. The van der Waals surface area contributed by atoms with Gasteiger partial charge >= 0.3 is 0 Å². The second-order valence-corrected chi connectivity index (χ2v) is 4.48. The van der Waals surface area contributed by atoms with Crippen LogP contribution < -0.4 is 5.32 Å². The van der Waals surface area contributed by atoms with Crippen LogP contribution in [0.5, 0.6) is 0 Å². The van der Waals surface area contributed by atoms with Crippen molar-refractivity contribution in [2.24, 2.45) is 7.05 Å². The van der Waals surface area contributed by atoms with E-state index >= 15 is 0 Å². The van der Waals surface area contributed by atoms with Crippen LogP contribution in [0.2, 0.25) is 0 Å². The van der Waals surface area contributed by atoms with E-state index in [0.29, 0.717) is 0 Å². The highest BCUT2D eigenvalue weighted by atomic mass is 15.0. The molecule has 1 aromatic carbocycles. The average molecular weight is 229 g/mol. The summed E-state index contributed by atoms with van der Waals surface area (Å²) in [6.45, 7) is 5.08. The van der Waals surface area contributed by atoms with E-state index in [1.54, 1.807) is 0 Å². The van der Waals surface area contributed by atoms with Crippen molar-refractivity contribution in [2.75, 3.05) is 7.05 Å². The Kier molecular flexibility index (Phi) is 3.29. The number of hydrogen-bond acceptors (Lipinski definition) is 2. The summed E-state index contributed by atoms with van der Waals surface area (Å²) in [6.07, 6.45) is 1.87. The van der Waals surface area contributed by atoms with Crippen LogP contribution in [0.4, 0.5) is 0 Å². The summed E-state index contributed by atoms with van der Waals surface area (Å²) < 4.78 is 2.08. The van der Waals surface area contributed by atoms with Crippen LogP contribution in [-0.2, 0) is 13.6 Å². The van der Waals surface area contributed by atoms with E-state index in [0.717, 1.165) is 12.2 Å². The van der Waals surface area contributed by atoms with E-state index in [4.69, 9.17) is 0 Å². The molecular weight excluding hydrogens is 210 g/mol. The quantitative estimate of drug-likeness (QED) is 0.876. The first kappa shape index (κ1) is 11.9. The molecule has 0 aliphatic carbocycles. The number of hydrogen-bond donors (Lipinski definition) is 1. The summed E-state index contributed by atoms with van der Waals surface area (Å²) in [5.41, 5.74) is 6.17. The molecule has 0 aliphatic rings. The molecule has 17 heavy (non-hydrogen) atoms. The smallest absolute Gasteiger partial charge is 0.0952 e. The Morgan fingerprint density at radius 1 is 1.24 bits per heavy atom. The molecule has 0 unspecified atom stereocenters. The fourth-order valence-electron chi connectivity index (χ4n) is 2.03. The largest absolute Gasteiger partial charge is 0.333 e. The predicted molar refractivity (Wildman–Crippen MR) is 70.9 cm³/mol. The maximum Gasteiger partial charge on any atom is 0.0952 e. The van der Waals surface area contributed by atoms with Gasteiger partial charge in [-0.25, -0.2) is 4.98 Å². The first-order valence-electron chi connectivity index (χ1n) is 5.86. The summed E-state index contributed by atoms with van der Waals surface area (Å²) in [7, 11) is 3.98. The summed E-state index contributed by atoms with van der Waals surface area (Å²) in [5, 5.41) is 3.16. The normalized spacial score (nSPS) is 10.8. The lowest BCUT2D eigenvalue weighted by atomic mass is 10.0.